The van der Waals surface area contributed by atoms with Crippen LogP contribution >= 0.6 is 0 Å². The topological polar surface area (TPSA) is 70.4 Å². The molecule has 0 aromatic heterocycles. The van der Waals surface area contributed by atoms with Gasteiger partial charge in [-0.15, -0.1) is 0 Å². The molecule has 1 fully saturated rings. The Kier molecular flexibility index (Phi) is 4.39. The molecule has 0 unspecified atom stereocenters. The smallest absolute Gasteiger partial charge is 0.313 e. The second kappa shape index (κ2) is 6.04. The molecule has 1 aliphatic rings. The van der Waals surface area contributed by atoms with Crippen molar-refractivity contribution in [3.63, 3.8) is 0 Å². The van der Waals surface area contributed by atoms with Crippen molar-refractivity contribution in [2.45, 2.75) is 25.0 Å². The number of amides is 2. The minimum atomic E-state index is -0.467. The average Bonchev–Trinajstić information content (AvgIpc) is 2.42. The van der Waals surface area contributed by atoms with Gasteiger partial charge >= 0.3 is 6.03 Å². The van der Waals surface area contributed by atoms with Crippen LogP contribution in [0, 0.1) is 0 Å². The lowest BCUT2D eigenvalue weighted by atomic mass is 9.96. The largest absolute Gasteiger partial charge is 0.352 e. The van der Waals surface area contributed by atoms with Gasteiger partial charge in [0.05, 0.1) is 5.66 Å². The Morgan fingerprint density at radius 2 is 1.95 bits per heavy atom. The summed E-state index contributed by atoms with van der Waals surface area (Å²) in [4.78, 5) is 13.5. The molecule has 1 aromatic rings. The van der Waals surface area contributed by atoms with Crippen LogP contribution in [-0.4, -0.2) is 36.7 Å². The van der Waals surface area contributed by atoms with E-state index in [9.17, 15) is 4.79 Å². The molecular formula is C14H22N4O. The van der Waals surface area contributed by atoms with E-state index in [0.717, 1.165) is 32.5 Å². The van der Waals surface area contributed by atoms with Gasteiger partial charge in [-0.3, -0.25) is 10.2 Å². The molecule has 104 valence electrons. The fraction of sp³-hybridized carbons (Fsp3) is 0.500. The highest BCUT2D eigenvalue weighted by Crippen LogP contribution is 2.20. The summed E-state index contributed by atoms with van der Waals surface area (Å²) in [5.74, 6) is 0. The van der Waals surface area contributed by atoms with Crippen LogP contribution in [0.25, 0.3) is 0 Å². The Bertz CT molecular complexity index is 413. The van der Waals surface area contributed by atoms with Crippen molar-refractivity contribution in [1.82, 2.24) is 15.5 Å². The van der Waals surface area contributed by atoms with Gasteiger partial charge in [0.25, 0.3) is 0 Å². The molecule has 0 saturated carbocycles. The first-order valence-corrected chi connectivity index (χ1v) is 6.66. The number of benzene rings is 1. The van der Waals surface area contributed by atoms with Crippen molar-refractivity contribution >= 4 is 6.03 Å². The molecule has 19 heavy (non-hydrogen) atoms. The minimum absolute atomic E-state index is 0.348. The minimum Gasteiger partial charge on any atom is -0.352 e. The van der Waals surface area contributed by atoms with Crippen molar-refractivity contribution in [1.29, 1.82) is 0 Å². The van der Waals surface area contributed by atoms with Crippen LogP contribution < -0.4 is 16.4 Å². The van der Waals surface area contributed by atoms with E-state index in [-0.39, 0.29) is 5.66 Å². The Hall–Kier alpha value is -1.59. The number of nitrogens with zero attached hydrogens (tertiary/aromatic N) is 1. The van der Waals surface area contributed by atoms with Crippen molar-refractivity contribution in [2.75, 3.05) is 20.1 Å². The summed E-state index contributed by atoms with van der Waals surface area (Å²) in [6.45, 7) is 2.84. The number of nitrogens with two attached hydrogens (primary N) is 1. The molecule has 4 N–H and O–H groups in total. The van der Waals surface area contributed by atoms with Gasteiger partial charge in [0.1, 0.15) is 0 Å². The number of hydrogen-bond acceptors (Lipinski definition) is 3. The predicted octanol–water partition coefficient (Wildman–Crippen LogP) is 0.866. The zero-order valence-corrected chi connectivity index (χ0v) is 11.4. The molecule has 1 aromatic carbocycles. The van der Waals surface area contributed by atoms with E-state index in [1.807, 2.05) is 13.1 Å². The quantitative estimate of drug-likeness (QED) is 0.705. The van der Waals surface area contributed by atoms with Gasteiger partial charge in [0.2, 0.25) is 0 Å². The lowest BCUT2D eigenvalue weighted by Gasteiger charge is -2.41. The van der Waals surface area contributed by atoms with E-state index in [1.54, 1.807) is 0 Å². The fourth-order valence-corrected chi connectivity index (χ4v) is 2.61. The molecule has 0 spiro atoms. The molecule has 5 heteroatoms. The van der Waals surface area contributed by atoms with Gasteiger partial charge in [0, 0.05) is 19.6 Å². The van der Waals surface area contributed by atoms with Crippen LogP contribution in [-0.2, 0) is 6.54 Å². The van der Waals surface area contributed by atoms with Gasteiger partial charge in [-0.05, 0) is 25.5 Å². The number of likely N-dealkylation sites (tertiary alicyclic amines) is 1. The number of carbonyl (C=O) groups excluding carboxylic acids is 1. The Labute approximate surface area is 114 Å². The molecule has 1 saturated heterocycles. The van der Waals surface area contributed by atoms with E-state index < -0.39 is 6.03 Å². The van der Waals surface area contributed by atoms with Crippen LogP contribution in [0.5, 0.6) is 0 Å². The second-order valence-electron chi connectivity index (χ2n) is 5.08. The Morgan fingerprint density at radius 3 is 2.47 bits per heavy atom. The van der Waals surface area contributed by atoms with Gasteiger partial charge in [-0.1, -0.05) is 30.3 Å². The maximum absolute atomic E-state index is 11.1. The fourth-order valence-electron chi connectivity index (χ4n) is 2.61. The van der Waals surface area contributed by atoms with Gasteiger partial charge < -0.3 is 11.1 Å². The van der Waals surface area contributed by atoms with Crippen molar-refractivity contribution in [2.24, 2.45) is 5.73 Å². The summed E-state index contributed by atoms with van der Waals surface area (Å²) >= 11 is 0. The Balaban J connectivity index is 1.89. The van der Waals surface area contributed by atoms with E-state index in [2.05, 4.69) is 39.8 Å². The SMILES string of the molecule is CNC1(NC(N)=O)CCN(Cc2ccccc2)CC1. The standard InChI is InChI=1S/C14H22N4O/c1-16-14(17-13(15)19)7-9-18(10-8-14)11-12-5-3-2-4-6-12/h2-6,16H,7-11H2,1H3,(H3,15,17,19). The highest BCUT2D eigenvalue weighted by atomic mass is 16.2. The average molecular weight is 262 g/mol. The third kappa shape index (κ3) is 3.68. The highest BCUT2D eigenvalue weighted by molar-refractivity contribution is 5.72. The van der Waals surface area contributed by atoms with E-state index in [1.165, 1.54) is 5.56 Å². The summed E-state index contributed by atoms with van der Waals surface area (Å²) in [5, 5.41) is 6.02. The maximum atomic E-state index is 11.1. The summed E-state index contributed by atoms with van der Waals surface area (Å²) in [6.07, 6.45) is 1.72. The monoisotopic (exact) mass is 262 g/mol. The van der Waals surface area contributed by atoms with Gasteiger partial charge in [-0.2, -0.15) is 0 Å². The van der Waals surface area contributed by atoms with E-state index in [4.69, 9.17) is 5.73 Å². The van der Waals surface area contributed by atoms with Crippen molar-refractivity contribution in [3.8, 4) is 0 Å². The number of urea groups is 1. The van der Waals surface area contributed by atoms with Crippen molar-refractivity contribution in [3.05, 3.63) is 35.9 Å². The number of hydrogen-bond donors (Lipinski definition) is 3. The summed E-state index contributed by atoms with van der Waals surface area (Å²) in [7, 11) is 1.86. The molecule has 0 atom stereocenters. The molecule has 1 heterocycles. The number of primary amides is 1. The molecule has 0 bridgehead atoms. The van der Waals surface area contributed by atoms with Crippen LogP contribution in [0.2, 0.25) is 0 Å². The zero-order valence-electron chi connectivity index (χ0n) is 11.4. The van der Waals surface area contributed by atoms with E-state index in [0.29, 0.717) is 0 Å². The first-order valence-electron chi connectivity index (χ1n) is 6.66. The van der Waals surface area contributed by atoms with Crippen molar-refractivity contribution < 1.29 is 4.79 Å². The molecule has 2 amide bonds. The number of nitrogens with one attached hydrogen (secondary N) is 2. The van der Waals surface area contributed by atoms with Gasteiger partial charge in [0.15, 0.2) is 0 Å². The molecule has 0 aliphatic carbocycles. The first-order chi connectivity index (χ1) is 9.13. The summed E-state index contributed by atoms with van der Waals surface area (Å²) in [5.41, 5.74) is 6.21. The summed E-state index contributed by atoms with van der Waals surface area (Å²) < 4.78 is 0. The predicted molar refractivity (Wildman–Crippen MR) is 75.5 cm³/mol. The third-order valence-electron chi connectivity index (χ3n) is 3.80. The van der Waals surface area contributed by atoms with Crippen LogP contribution in [0.1, 0.15) is 18.4 Å². The molecule has 5 nitrogen and oxygen atoms in total. The molecule has 1 aliphatic heterocycles. The Morgan fingerprint density at radius 1 is 1.32 bits per heavy atom. The normalized spacial score (nSPS) is 19.0. The van der Waals surface area contributed by atoms with Crippen LogP contribution in [0.4, 0.5) is 4.79 Å². The first kappa shape index (κ1) is 13.8. The lowest BCUT2D eigenvalue weighted by molar-refractivity contribution is 0.116. The summed E-state index contributed by atoms with van der Waals surface area (Å²) in [6, 6.07) is 9.97. The van der Waals surface area contributed by atoms with Crippen LogP contribution in [0.3, 0.4) is 0 Å². The molecular weight excluding hydrogens is 240 g/mol. The van der Waals surface area contributed by atoms with Gasteiger partial charge in [-0.25, -0.2) is 4.79 Å². The van der Waals surface area contributed by atoms with Crippen LogP contribution in [0.15, 0.2) is 30.3 Å². The number of carbonyl (C=O) groups is 1. The zero-order chi connectivity index (χ0) is 13.7. The lowest BCUT2D eigenvalue weighted by Crippen LogP contribution is -2.63. The third-order valence-corrected chi connectivity index (χ3v) is 3.80. The molecule has 0 radical (unpaired) electrons. The highest BCUT2D eigenvalue weighted by Gasteiger charge is 2.33. The maximum Gasteiger partial charge on any atom is 0.313 e. The van der Waals surface area contributed by atoms with E-state index >= 15 is 0 Å². The number of rotatable bonds is 4. The molecule has 2 rings (SSSR count). The number of piperidine rings is 1. The second-order valence-corrected chi connectivity index (χ2v) is 5.08.